The summed E-state index contributed by atoms with van der Waals surface area (Å²) in [5, 5.41) is 0. The molecule has 184 valence electrons. The van der Waals surface area contributed by atoms with Crippen molar-refractivity contribution < 1.29 is 13.7 Å². The van der Waals surface area contributed by atoms with E-state index >= 15 is 0 Å². The van der Waals surface area contributed by atoms with Gasteiger partial charge in [0, 0.05) is 38.0 Å². The molecule has 1 atom stereocenters. The number of rotatable bonds is 5. The average Bonchev–Trinajstić information content (AvgIpc) is 3.72. The number of amides is 1. The molecule has 0 spiro atoms. The van der Waals surface area contributed by atoms with Crippen LogP contribution in [0.5, 0.6) is 5.88 Å². The van der Waals surface area contributed by atoms with Gasteiger partial charge in [-0.15, -0.1) is 0 Å². The summed E-state index contributed by atoms with van der Waals surface area (Å²) in [5.74, 6) is 1.71. The van der Waals surface area contributed by atoms with Gasteiger partial charge in [0.15, 0.2) is 0 Å². The monoisotopic (exact) mass is 466 g/mol. The highest BCUT2D eigenvalue weighted by molar-refractivity contribution is 7.84. The summed E-state index contributed by atoms with van der Waals surface area (Å²) in [4.78, 5) is 18.8. The minimum atomic E-state index is -0.959. The van der Waals surface area contributed by atoms with E-state index in [9.17, 15) is 9.00 Å². The number of hydrogen-bond acceptors (Lipinski definition) is 4. The maximum absolute atomic E-state index is 12.0. The molecule has 5 nitrogen and oxygen atoms in total. The molecule has 4 rings (SSSR count). The first kappa shape index (κ1) is 28.6. The van der Waals surface area contributed by atoms with Crippen LogP contribution in [0, 0.1) is 5.92 Å². The van der Waals surface area contributed by atoms with Gasteiger partial charge in [-0.2, -0.15) is 0 Å². The molecular formula is C26H46N2O3S. The van der Waals surface area contributed by atoms with Crippen molar-refractivity contribution in [2.45, 2.75) is 103 Å². The zero-order valence-electron chi connectivity index (χ0n) is 20.9. The zero-order chi connectivity index (χ0) is 23.6. The third kappa shape index (κ3) is 13.2. The summed E-state index contributed by atoms with van der Waals surface area (Å²) >= 11 is 0. The number of carbonyl (C=O) groups is 1. The van der Waals surface area contributed by atoms with E-state index in [4.69, 9.17) is 4.74 Å². The molecule has 2 saturated carbocycles. The predicted molar refractivity (Wildman–Crippen MR) is 135 cm³/mol. The molecule has 2 aliphatic carbocycles. The molecule has 1 unspecified atom stereocenters. The summed E-state index contributed by atoms with van der Waals surface area (Å²) in [5.41, 5.74) is 0. The van der Waals surface area contributed by atoms with E-state index in [1.165, 1.54) is 70.6 Å². The van der Waals surface area contributed by atoms with Crippen LogP contribution < -0.4 is 4.74 Å². The molecule has 6 heteroatoms. The summed E-state index contributed by atoms with van der Waals surface area (Å²) in [6.45, 7) is 8.53. The Morgan fingerprint density at radius 1 is 1.00 bits per heavy atom. The van der Waals surface area contributed by atoms with Gasteiger partial charge in [0.05, 0.1) is 22.3 Å². The van der Waals surface area contributed by atoms with Crippen molar-refractivity contribution in [1.29, 1.82) is 0 Å². The lowest BCUT2D eigenvalue weighted by Crippen LogP contribution is -2.36. The van der Waals surface area contributed by atoms with Gasteiger partial charge in [0.25, 0.3) is 0 Å². The summed E-state index contributed by atoms with van der Waals surface area (Å²) in [6, 6.07) is 3.48. The molecule has 32 heavy (non-hydrogen) atoms. The Labute approximate surface area is 199 Å². The lowest BCUT2D eigenvalue weighted by Gasteiger charge is -2.29. The molecule has 3 fully saturated rings. The number of nitrogens with zero attached hydrogens (tertiary/aromatic N) is 2. The van der Waals surface area contributed by atoms with Crippen molar-refractivity contribution in [3.05, 3.63) is 18.3 Å². The molecule has 0 N–H and O–H groups in total. The highest BCUT2D eigenvalue weighted by Gasteiger charge is 2.21. The van der Waals surface area contributed by atoms with Crippen molar-refractivity contribution in [1.82, 2.24) is 9.88 Å². The van der Waals surface area contributed by atoms with Crippen molar-refractivity contribution >= 4 is 16.7 Å². The number of carbonyl (C=O) groups excluding carboxylic acids is 1. The van der Waals surface area contributed by atoms with Crippen molar-refractivity contribution in [3.8, 4) is 5.88 Å². The first-order valence-corrected chi connectivity index (χ1v) is 14.4. The van der Waals surface area contributed by atoms with Gasteiger partial charge in [0.2, 0.25) is 11.8 Å². The fraction of sp³-hybridized carbons (Fsp3) is 0.769. The molecule has 0 aromatic carbocycles. The van der Waals surface area contributed by atoms with Crippen LogP contribution in [0.4, 0.5) is 0 Å². The molecule has 2 heterocycles. The van der Waals surface area contributed by atoms with Crippen LogP contribution in [0.3, 0.4) is 0 Å². The van der Waals surface area contributed by atoms with E-state index in [0.29, 0.717) is 24.3 Å². The quantitative estimate of drug-likeness (QED) is 0.505. The SMILES string of the molecule is C1CC1.CC.CCOc1ccc(S(C)=O)cn1.O=C(CC1CCCCC1)N1CCCCC1. The number of ether oxygens (including phenoxy) is 1. The Bertz CT molecular complexity index is 620. The molecule has 1 saturated heterocycles. The number of hydrogen-bond donors (Lipinski definition) is 0. The normalized spacial score (nSPS) is 18.4. The van der Waals surface area contributed by atoms with E-state index in [1.54, 1.807) is 24.6 Å². The zero-order valence-corrected chi connectivity index (χ0v) is 21.8. The fourth-order valence-electron chi connectivity index (χ4n) is 3.68. The molecule has 0 radical (unpaired) electrons. The second-order valence-corrected chi connectivity index (χ2v) is 9.81. The Morgan fingerprint density at radius 2 is 1.56 bits per heavy atom. The number of pyridine rings is 1. The van der Waals surface area contributed by atoms with Crippen LogP contribution in [-0.4, -0.2) is 46.0 Å². The van der Waals surface area contributed by atoms with Gasteiger partial charge in [-0.3, -0.25) is 9.00 Å². The molecule has 1 aliphatic heterocycles. The van der Waals surface area contributed by atoms with E-state index in [2.05, 4.69) is 9.88 Å². The van der Waals surface area contributed by atoms with Gasteiger partial charge in [-0.25, -0.2) is 4.98 Å². The first-order chi connectivity index (χ1) is 15.6. The van der Waals surface area contributed by atoms with Crippen LogP contribution in [-0.2, 0) is 15.6 Å². The Morgan fingerprint density at radius 3 is 2.03 bits per heavy atom. The highest BCUT2D eigenvalue weighted by Crippen LogP contribution is 2.27. The van der Waals surface area contributed by atoms with Crippen LogP contribution >= 0.6 is 0 Å². The largest absolute Gasteiger partial charge is 0.478 e. The average molecular weight is 467 g/mol. The van der Waals surface area contributed by atoms with Gasteiger partial charge >= 0.3 is 0 Å². The van der Waals surface area contributed by atoms with E-state index in [0.717, 1.165) is 24.4 Å². The maximum atomic E-state index is 12.0. The Hall–Kier alpha value is -1.43. The van der Waals surface area contributed by atoms with E-state index < -0.39 is 10.8 Å². The van der Waals surface area contributed by atoms with Gasteiger partial charge in [-0.05, 0) is 51.0 Å². The predicted octanol–water partition coefficient (Wildman–Crippen LogP) is 6.38. The van der Waals surface area contributed by atoms with E-state index in [-0.39, 0.29) is 0 Å². The van der Waals surface area contributed by atoms with Crippen molar-refractivity contribution in [3.63, 3.8) is 0 Å². The maximum Gasteiger partial charge on any atom is 0.222 e. The standard InChI is InChI=1S/C13H23NO.C8H11NO2S.C3H6.C2H6/c15-13(14-9-5-2-6-10-14)11-12-7-3-1-4-8-12;1-3-11-8-5-4-7(6-9-8)12(2)10;1-2-3-1;1-2/h12H,1-11H2;4-6H,3H2,1-2H3;1-3H2;1-2H3. The topological polar surface area (TPSA) is 59.5 Å². The van der Waals surface area contributed by atoms with Gasteiger partial charge in [0.1, 0.15) is 0 Å². The lowest BCUT2D eigenvalue weighted by atomic mass is 9.86. The Kier molecular flexibility index (Phi) is 16.1. The van der Waals surface area contributed by atoms with Crippen molar-refractivity contribution in [2.24, 2.45) is 5.92 Å². The van der Waals surface area contributed by atoms with Crippen LogP contribution in [0.2, 0.25) is 0 Å². The molecule has 0 bridgehead atoms. The minimum Gasteiger partial charge on any atom is -0.478 e. The molecule has 1 amide bonds. The summed E-state index contributed by atoms with van der Waals surface area (Å²) < 4.78 is 16.1. The summed E-state index contributed by atoms with van der Waals surface area (Å²) in [7, 11) is -0.959. The van der Waals surface area contributed by atoms with Gasteiger partial charge in [-0.1, -0.05) is 52.4 Å². The van der Waals surface area contributed by atoms with Crippen LogP contribution in [0.25, 0.3) is 0 Å². The molecule has 1 aromatic heterocycles. The molecular weight excluding hydrogens is 420 g/mol. The third-order valence-electron chi connectivity index (χ3n) is 5.58. The van der Waals surface area contributed by atoms with Gasteiger partial charge < -0.3 is 9.64 Å². The number of aromatic nitrogens is 1. The van der Waals surface area contributed by atoms with Crippen molar-refractivity contribution in [2.75, 3.05) is 26.0 Å². The Balaban J connectivity index is 0.000000268. The third-order valence-corrected chi connectivity index (χ3v) is 6.49. The number of piperidine rings is 1. The summed E-state index contributed by atoms with van der Waals surface area (Å²) in [6.07, 6.45) is 18.9. The molecule has 1 aromatic rings. The molecule has 3 aliphatic rings. The second kappa shape index (κ2) is 18.0. The second-order valence-electron chi connectivity index (χ2n) is 8.43. The van der Waals surface area contributed by atoms with E-state index in [1.807, 2.05) is 20.8 Å². The highest BCUT2D eigenvalue weighted by atomic mass is 32.2. The first-order valence-electron chi connectivity index (χ1n) is 12.8. The smallest absolute Gasteiger partial charge is 0.222 e. The lowest BCUT2D eigenvalue weighted by molar-refractivity contribution is -0.133. The minimum absolute atomic E-state index is 0.432. The fourth-order valence-corrected chi connectivity index (χ4v) is 4.14. The number of likely N-dealkylation sites (tertiary alicyclic amines) is 1. The van der Waals surface area contributed by atoms with Crippen LogP contribution in [0.1, 0.15) is 97.8 Å². The van der Waals surface area contributed by atoms with Crippen LogP contribution in [0.15, 0.2) is 23.2 Å².